The molecule has 8 nitrogen and oxygen atoms in total. The number of benzene rings is 2. The molecule has 3 N–H and O–H groups in total. The number of amides is 3. The number of hydrogen-bond acceptors (Lipinski definition) is 5. The van der Waals surface area contributed by atoms with Gasteiger partial charge >= 0.3 is 6.09 Å². The van der Waals surface area contributed by atoms with E-state index < -0.39 is 11.7 Å². The molecule has 32 heavy (non-hydrogen) atoms. The van der Waals surface area contributed by atoms with E-state index in [0.29, 0.717) is 11.4 Å². The summed E-state index contributed by atoms with van der Waals surface area (Å²) in [6.07, 6.45) is 2.68. The lowest BCUT2D eigenvalue weighted by molar-refractivity contribution is -0.116. The van der Waals surface area contributed by atoms with Crippen LogP contribution >= 0.6 is 0 Å². The van der Waals surface area contributed by atoms with Crippen LogP contribution in [0.3, 0.4) is 0 Å². The SMILES string of the molecule is COc1ccc(/C=C/C(=O)Nc2ccc(NC(=O)CCNC(=O)OC(C)(C)C)cc2)cc1. The Kier molecular flexibility index (Phi) is 8.83. The lowest BCUT2D eigenvalue weighted by atomic mass is 10.2. The number of hydrogen-bond donors (Lipinski definition) is 3. The third-order valence-electron chi connectivity index (χ3n) is 4.00. The highest BCUT2D eigenvalue weighted by molar-refractivity contribution is 6.02. The van der Waals surface area contributed by atoms with Gasteiger partial charge in [0.1, 0.15) is 11.4 Å². The minimum atomic E-state index is -0.588. The van der Waals surface area contributed by atoms with E-state index in [2.05, 4.69) is 16.0 Å². The van der Waals surface area contributed by atoms with Gasteiger partial charge in [-0.2, -0.15) is 0 Å². The number of alkyl carbamates (subject to hydrolysis) is 1. The van der Waals surface area contributed by atoms with Crippen molar-refractivity contribution in [1.29, 1.82) is 0 Å². The van der Waals surface area contributed by atoms with E-state index in [0.717, 1.165) is 11.3 Å². The van der Waals surface area contributed by atoms with Crippen LogP contribution in [0.15, 0.2) is 54.6 Å². The van der Waals surface area contributed by atoms with Crippen LogP contribution in [0.1, 0.15) is 32.8 Å². The van der Waals surface area contributed by atoms with Crippen molar-refractivity contribution in [3.63, 3.8) is 0 Å². The first-order valence-electron chi connectivity index (χ1n) is 10.1. The fourth-order valence-electron chi connectivity index (χ4n) is 2.52. The largest absolute Gasteiger partial charge is 0.497 e. The molecule has 0 atom stereocenters. The molecule has 170 valence electrons. The van der Waals surface area contributed by atoms with Crippen LogP contribution in [-0.2, 0) is 14.3 Å². The minimum absolute atomic E-state index is 0.105. The summed E-state index contributed by atoms with van der Waals surface area (Å²) in [7, 11) is 1.60. The van der Waals surface area contributed by atoms with Crippen molar-refractivity contribution in [3.05, 3.63) is 60.2 Å². The van der Waals surface area contributed by atoms with Gasteiger partial charge in [0.05, 0.1) is 7.11 Å². The zero-order valence-electron chi connectivity index (χ0n) is 18.7. The lowest BCUT2D eigenvalue weighted by Gasteiger charge is -2.19. The molecule has 2 aromatic rings. The maximum atomic E-state index is 12.1. The van der Waals surface area contributed by atoms with Gasteiger partial charge in [-0.05, 0) is 68.8 Å². The molecule has 0 heterocycles. The maximum Gasteiger partial charge on any atom is 0.407 e. The normalized spacial score (nSPS) is 11.0. The molecule has 0 aromatic heterocycles. The Morgan fingerprint density at radius 3 is 2.06 bits per heavy atom. The highest BCUT2D eigenvalue weighted by Crippen LogP contribution is 2.15. The third-order valence-corrected chi connectivity index (χ3v) is 4.00. The Morgan fingerprint density at radius 1 is 0.906 bits per heavy atom. The third kappa shape index (κ3) is 9.34. The molecule has 2 aromatic carbocycles. The first kappa shape index (κ1) is 24.5. The summed E-state index contributed by atoms with van der Waals surface area (Å²) in [4.78, 5) is 35.7. The second-order valence-electron chi connectivity index (χ2n) is 7.90. The number of carbonyl (C=O) groups is 3. The van der Waals surface area contributed by atoms with Gasteiger partial charge in [-0.1, -0.05) is 12.1 Å². The van der Waals surface area contributed by atoms with Gasteiger partial charge in [-0.3, -0.25) is 9.59 Å². The predicted molar refractivity (Wildman–Crippen MR) is 125 cm³/mol. The Labute approximate surface area is 188 Å². The molecule has 0 saturated carbocycles. The van der Waals surface area contributed by atoms with Crippen molar-refractivity contribution in [2.24, 2.45) is 0 Å². The Hall–Kier alpha value is -3.81. The van der Waals surface area contributed by atoms with Gasteiger partial charge in [0.2, 0.25) is 11.8 Å². The number of anilines is 2. The standard InChI is InChI=1S/C24H29N3O5/c1-24(2,3)32-23(30)25-16-15-22(29)27-19-10-8-18(9-11-19)26-21(28)14-7-17-5-12-20(31-4)13-6-17/h5-14H,15-16H2,1-4H3,(H,25,30)(H,26,28)(H,27,29)/b14-7+. The van der Waals surface area contributed by atoms with Crippen molar-refractivity contribution in [2.75, 3.05) is 24.3 Å². The molecule has 0 spiro atoms. The number of carbonyl (C=O) groups excluding carboxylic acids is 3. The molecule has 0 aliphatic heterocycles. The molecule has 0 saturated heterocycles. The molecule has 0 bridgehead atoms. The van der Waals surface area contributed by atoms with Gasteiger partial charge in [-0.25, -0.2) is 4.79 Å². The van der Waals surface area contributed by atoms with Crippen LogP contribution in [0, 0.1) is 0 Å². The monoisotopic (exact) mass is 439 g/mol. The molecule has 2 rings (SSSR count). The summed E-state index contributed by atoms with van der Waals surface area (Å²) in [6, 6.07) is 14.1. The van der Waals surface area contributed by atoms with E-state index in [1.165, 1.54) is 6.08 Å². The minimum Gasteiger partial charge on any atom is -0.497 e. The van der Waals surface area contributed by atoms with Crippen LogP contribution in [0.25, 0.3) is 6.08 Å². The average molecular weight is 440 g/mol. The maximum absolute atomic E-state index is 12.1. The highest BCUT2D eigenvalue weighted by Gasteiger charge is 2.15. The van der Waals surface area contributed by atoms with Crippen molar-refractivity contribution in [3.8, 4) is 5.75 Å². The van der Waals surface area contributed by atoms with Crippen LogP contribution < -0.4 is 20.7 Å². The van der Waals surface area contributed by atoms with Crippen LogP contribution in [0.4, 0.5) is 16.2 Å². The van der Waals surface area contributed by atoms with Crippen molar-refractivity contribution in [1.82, 2.24) is 5.32 Å². The quantitative estimate of drug-likeness (QED) is 0.535. The molecular weight excluding hydrogens is 410 g/mol. The zero-order chi connectivity index (χ0) is 23.6. The van der Waals surface area contributed by atoms with Crippen LogP contribution in [0.2, 0.25) is 0 Å². The van der Waals surface area contributed by atoms with Crippen molar-refractivity contribution in [2.45, 2.75) is 32.8 Å². The van der Waals surface area contributed by atoms with Gasteiger partial charge in [0, 0.05) is 30.4 Å². The fourth-order valence-corrected chi connectivity index (χ4v) is 2.52. The Morgan fingerprint density at radius 2 is 1.50 bits per heavy atom. The fraction of sp³-hybridized carbons (Fsp3) is 0.292. The predicted octanol–water partition coefficient (Wildman–Crippen LogP) is 4.20. The summed E-state index contributed by atoms with van der Waals surface area (Å²) in [5, 5.41) is 8.02. The van der Waals surface area contributed by atoms with Crippen LogP contribution in [0.5, 0.6) is 5.75 Å². The summed E-state index contributed by atoms with van der Waals surface area (Å²) in [6.45, 7) is 5.46. The Balaban J connectivity index is 1.76. The van der Waals surface area contributed by atoms with Gasteiger partial charge in [-0.15, -0.1) is 0 Å². The molecule has 8 heteroatoms. The topological polar surface area (TPSA) is 106 Å². The first-order valence-corrected chi connectivity index (χ1v) is 10.1. The van der Waals surface area contributed by atoms with E-state index in [-0.39, 0.29) is 24.8 Å². The first-order chi connectivity index (χ1) is 15.1. The lowest BCUT2D eigenvalue weighted by Crippen LogP contribution is -2.34. The highest BCUT2D eigenvalue weighted by atomic mass is 16.6. The second kappa shape index (κ2) is 11.5. The molecule has 0 unspecified atom stereocenters. The van der Waals surface area contributed by atoms with E-state index in [1.54, 1.807) is 58.2 Å². The molecule has 0 aliphatic carbocycles. The van der Waals surface area contributed by atoms with E-state index in [1.807, 2.05) is 24.3 Å². The number of nitrogens with one attached hydrogen (secondary N) is 3. The summed E-state index contributed by atoms with van der Waals surface area (Å²) >= 11 is 0. The van der Waals surface area contributed by atoms with Crippen molar-refractivity contribution >= 4 is 35.4 Å². The number of rotatable bonds is 8. The molecular formula is C24H29N3O5. The smallest absolute Gasteiger partial charge is 0.407 e. The van der Waals surface area contributed by atoms with Gasteiger partial charge in [0.15, 0.2) is 0 Å². The Bertz CT molecular complexity index is 945. The molecule has 0 aliphatic rings. The van der Waals surface area contributed by atoms with E-state index in [9.17, 15) is 14.4 Å². The van der Waals surface area contributed by atoms with E-state index in [4.69, 9.17) is 9.47 Å². The summed E-state index contributed by atoms with van der Waals surface area (Å²) < 4.78 is 10.2. The zero-order valence-corrected chi connectivity index (χ0v) is 18.7. The van der Waals surface area contributed by atoms with Crippen LogP contribution in [-0.4, -0.2) is 37.2 Å². The molecule has 0 radical (unpaired) electrons. The van der Waals surface area contributed by atoms with E-state index >= 15 is 0 Å². The second-order valence-corrected chi connectivity index (χ2v) is 7.90. The van der Waals surface area contributed by atoms with Crippen molar-refractivity contribution < 1.29 is 23.9 Å². The summed E-state index contributed by atoms with van der Waals surface area (Å²) in [5.74, 6) is 0.226. The molecule has 0 fully saturated rings. The van der Waals surface area contributed by atoms with Gasteiger partial charge < -0.3 is 25.4 Å². The number of ether oxygens (including phenoxy) is 2. The summed E-state index contributed by atoms with van der Waals surface area (Å²) in [5.41, 5.74) is 1.47. The number of methoxy groups -OCH3 is 1. The average Bonchev–Trinajstić information content (AvgIpc) is 2.73. The molecule has 3 amide bonds. The van der Waals surface area contributed by atoms with Gasteiger partial charge in [0.25, 0.3) is 0 Å².